The van der Waals surface area contributed by atoms with Crippen molar-refractivity contribution in [3.05, 3.63) is 125 Å². The van der Waals surface area contributed by atoms with Gasteiger partial charge in [0.05, 0.1) is 27.1 Å². The quantitative estimate of drug-likeness (QED) is 0.142. The smallest absolute Gasteiger partial charge is 0.336 e. The van der Waals surface area contributed by atoms with Gasteiger partial charge in [0, 0.05) is 18.8 Å². The Kier molecular flexibility index (Phi) is 11.1. The molecule has 0 radical (unpaired) electrons. The van der Waals surface area contributed by atoms with Gasteiger partial charge in [-0.25, -0.2) is 32.5 Å². The summed E-state index contributed by atoms with van der Waals surface area (Å²) in [6.45, 7) is 4.01. The molecule has 0 saturated heterocycles. The Morgan fingerprint density at radius 2 is 1.53 bits per heavy atom. The van der Waals surface area contributed by atoms with Crippen molar-refractivity contribution >= 4 is 39.0 Å². The van der Waals surface area contributed by atoms with Crippen molar-refractivity contribution in [1.82, 2.24) is 19.6 Å². The average Bonchev–Trinajstić information content (AvgIpc) is 3.49. The van der Waals surface area contributed by atoms with E-state index in [1.54, 1.807) is 32.3 Å². The lowest BCUT2D eigenvalue weighted by Gasteiger charge is -2.10. The summed E-state index contributed by atoms with van der Waals surface area (Å²) in [6, 6.07) is 24.1. The highest BCUT2D eigenvalue weighted by molar-refractivity contribution is 7.90. The van der Waals surface area contributed by atoms with Gasteiger partial charge in [0.15, 0.2) is 0 Å². The van der Waals surface area contributed by atoms with E-state index in [0.717, 1.165) is 27.8 Å². The molecule has 6 N–H and O–H groups in total. The van der Waals surface area contributed by atoms with E-state index < -0.39 is 28.0 Å². The van der Waals surface area contributed by atoms with E-state index in [0.29, 0.717) is 37.1 Å². The van der Waals surface area contributed by atoms with Crippen LogP contribution in [0.15, 0.2) is 96.2 Å². The topological polar surface area (TPSA) is 194 Å². The molecule has 0 atom stereocenters. The van der Waals surface area contributed by atoms with Gasteiger partial charge >= 0.3 is 18.0 Å². The SMILES string of the molecule is CCc1c(C(=O)O)ccc(C)c1C(=O)O.NCc1ccc(S(=O)(=O)NC(=O)NCCc2ccc(-n3cnc4ccccc43)cc2)cc1. The highest BCUT2D eigenvalue weighted by Gasteiger charge is 2.19. The molecule has 4 aromatic carbocycles. The van der Waals surface area contributed by atoms with Crippen molar-refractivity contribution < 1.29 is 33.0 Å². The van der Waals surface area contributed by atoms with Crippen molar-refractivity contribution in [2.24, 2.45) is 5.73 Å². The number of imidazole rings is 1. The number of aryl methyl sites for hydroxylation is 1. The molecule has 0 aliphatic heterocycles. The zero-order chi connectivity index (χ0) is 34.1. The number of carbonyl (C=O) groups is 3. The zero-order valence-corrected chi connectivity index (χ0v) is 26.6. The maximum atomic E-state index is 12.3. The first kappa shape index (κ1) is 34.3. The number of rotatable bonds is 10. The van der Waals surface area contributed by atoms with Crippen LogP contribution in [0.4, 0.5) is 4.79 Å². The summed E-state index contributed by atoms with van der Waals surface area (Å²) < 4.78 is 28.6. The summed E-state index contributed by atoms with van der Waals surface area (Å²) in [4.78, 5) is 38.3. The van der Waals surface area contributed by atoms with E-state index >= 15 is 0 Å². The van der Waals surface area contributed by atoms with Crippen LogP contribution in [0.2, 0.25) is 0 Å². The van der Waals surface area contributed by atoms with Crippen LogP contribution >= 0.6 is 0 Å². The van der Waals surface area contributed by atoms with Crippen LogP contribution in [-0.2, 0) is 29.4 Å². The van der Waals surface area contributed by atoms with Crippen LogP contribution in [0.1, 0.15) is 49.9 Å². The molecular formula is C34H35N5O7S. The van der Waals surface area contributed by atoms with Crippen LogP contribution in [0, 0.1) is 6.92 Å². The Balaban J connectivity index is 0.000000280. The Labute approximate surface area is 271 Å². The second-order valence-electron chi connectivity index (χ2n) is 10.5. The lowest BCUT2D eigenvalue weighted by Crippen LogP contribution is -2.40. The van der Waals surface area contributed by atoms with Crippen molar-refractivity contribution in [1.29, 1.82) is 0 Å². The Hall–Kier alpha value is -5.53. The molecule has 1 heterocycles. The number of sulfonamides is 1. The van der Waals surface area contributed by atoms with Crippen LogP contribution in [0.5, 0.6) is 0 Å². The molecule has 5 aromatic rings. The largest absolute Gasteiger partial charge is 0.478 e. The van der Waals surface area contributed by atoms with Crippen molar-refractivity contribution in [2.75, 3.05) is 6.54 Å². The number of carboxylic acids is 2. The zero-order valence-electron chi connectivity index (χ0n) is 25.8. The third kappa shape index (κ3) is 8.39. The number of aromatic carboxylic acids is 2. The molecule has 12 nitrogen and oxygen atoms in total. The fourth-order valence-electron chi connectivity index (χ4n) is 4.96. The number of nitrogens with two attached hydrogens (primary N) is 1. The molecule has 0 unspecified atom stereocenters. The van der Waals surface area contributed by atoms with Crippen LogP contribution in [-0.4, -0.2) is 52.7 Å². The molecule has 0 fully saturated rings. The Morgan fingerprint density at radius 3 is 2.15 bits per heavy atom. The van der Waals surface area contributed by atoms with Crippen LogP contribution in [0.25, 0.3) is 16.7 Å². The lowest BCUT2D eigenvalue weighted by atomic mass is 9.95. The molecule has 13 heteroatoms. The number of carbonyl (C=O) groups excluding carboxylic acids is 1. The summed E-state index contributed by atoms with van der Waals surface area (Å²) in [6.07, 6.45) is 2.74. The summed E-state index contributed by atoms with van der Waals surface area (Å²) >= 11 is 0. The fourth-order valence-corrected chi connectivity index (χ4v) is 5.89. The fraction of sp³-hybridized carbons (Fsp3) is 0.176. The molecule has 244 valence electrons. The minimum absolute atomic E-state index is 0.00691. The van der Waals surface area contributed by atoms with Gasteiger partial charge in [-0.2, -0.15) is 0 Å². The van der Waals surface area contributed by atoms with Gasteiger partial charge in [-0.05, 0) is 84.5 Å². The van der Waals surface area contributed by atoms with E-state index in [1.165, 1.54) is 24.3 Å². The first-order valence-corrected chi connectivity index (χ1v) is 16.1. The number of para-hydroxylation sites is 2. The van der Waals surface area contributed by atoms with E-state index in [4.69, 9.17) is 15.9 Å². The first-order chi connectivity index (χ1) is 22.4. The van der Waals surface area contributed by atoms with E-state index in [1.807, 2.05) is 57.8 Å². The maximum Gasteiger partial charge on any atom is 0.336 e. The standard InChI is InChI=1S/C23H23N5O3S.C11H12O4/c24-15-18-7-11-20(12-8-18)32(30,31)27-23(29)25-14-13-17-5-9-19(10-6-17)28-16-26-21-3-1-2-4-22(21)28;1-3-7-8(10(12)13)5-4-6(2)9(7)11(14)15/h1-12,16H,13-15,24H2,(H2,25,27,29);4-5H,3H2,1-2H3,(H,12,13)(H,14,15). The van der Waals surface area contributed by atoms with Crippen molar-refractivity contribution in [2.45, 2.75) is 38.1 Å². The summed E-state index contributed by atoms with van der Waals surface area (Å²) in [5.41, 5.74) is 11.4. The molecule has 5 rings (SSSR count). The number of nitrogens with one attached hydrogen (secondary N) is 2. The number of hydrogen-bond donors (Lipinski definition) is 5. The van der Waals surface area contributed by atoms with Gasteiger partial charge in [-0.3, -0.25) is 4.57 Å². The third-order valence-corrected chi connectivity index (χ3v) is 8.73. The number of fused-ring (bicyclic) bond motifs is 1. The Morgan fingerprint density at radius 1 is 0.872 bits per heavy atom. The molecule has 0 saturated carbocycles. The molecule has 2 amide bonds. The predicted molar refractivity (Wildman–Crippen MR) is 177 cm³/mol. The van der Waals surface area contributed by atoms with Crippen LogP contribution in [0.3, 0.4) is 0 Å². The third-order valence-electron chi connectivity index (χ3n) is 7.38. The highest BCUT2D eigenvalue weighted by Crippen LogP contribution is 2.21. The number of benzene rings is 4. The van der Waals surface area contributed by atoms with Crippen LogP contribution < -0.4 is 15.8 Å². The van der Waals surface area contributed by atoms with Gasteiger partial charge in [-0.15, -0.1) is 0 Å². The molecular weight excluding hydrogens is 622 g/mol. The normalized spacial score (nSPS) is 11.0. The average molecular weight is 658 g/mol. The first-order valence-electron chi connectivity index (χ1n) is 14.6. The van der Waals surface area contributed by atoms with Gasteiger partial charge < -0.3 is 21.3 Å². The maximum absolute atomic E-state index is 12.3. The highest BCUT2D eigenvalue weighted by atomic mass is 32.2. The van der Waals surface area contributed by atoms with Gasteiger partial charge in [-0.1, -0.05) is 49.4 Å². The Bertz CT molecular complexity index is 2010. The molecule has 1 aromatic heterocycles. The molecule has 0 spiro atoms. The number of aromatic nitrogens is 2. The second kappa shape index (κ2) is 15.2. The predicted octanol–water partition coefficient (Wildman–Crippen LogP) is 4.67. The monoisotopic (exact) mass is 657 g/mol. The molecule has 0 bridgehead atoms. The van der Waals surface area contributed by atoms with E-state index in [2.05, 4.69) is 10.3 Å². The number of nitrogens with zero attached hydrogens (tertiary/aromatic N) is 2. The number of amides is 2. The summed E-state index contributed by atoms with van der Waals surface area (Å²) in [5.74, 6) is -2.16. The van der Waals surface area contributed by atoms with Crippen molar-refractivity contribution in [3.8, 4) is 5.69 Å². The van der Waals surface area contributed by atoms with Gasteiger partial charge in [0.1, 0.15) is 6.33 Å². The molecule has 47 heavy (non-hydrogen) atoms. The van der Waals surface area contributed by atoms with Crippen molar-refractivity contribution in [3.63, 3.8) is 0 Å². The van der Waals surface area contributed by atoms with Gasteiger partial charge in [0.25, 0.3) is 10.0 Å². The molecule has 0 aliphatic carbocycles. The molecule has 0 aliphatic rings. The summed E-state index contributed by atoms with van der Waals surface area (Å²) in [7, 11) is -3.94. The number of carboxylic acid groups (broad SMARTS) is 2. The minimum atomic E-state index is -3.94. The number of urea groups is 1. The number of hydrogen-bond acceptors (Lipinski definition) is 7. The van der Waals surface area contributed by atoms with Gasteiger partial charge in [0.2, 0.25) is 0 Å². The van der Waals surface area contributed by atoms with E-state index in [9.17, 15) is 22.8 Å². The summed E-state index contributed by atoms with van der Waals surface area (Å²) in [5, 5.41) is 20.5. The lowest BCUT2D eigenvalue weighted by molar-refractivity contribution is 0.0694. The van der Waals surface area contributed by atoms with E-state index in [-0.39, 0.29) is 16.0 Å². The minimum Gasteiger partial charge on any atom is -0.478 e. The second-order valence-corrected chi connectivity index (χ2v) is 12.2.